The van der Waals surface area contributed by atoms with E-state index in [0.29, 0.717) is 0 Å². The third-order valence-corrected chi connectivity index (χ3v) is 3.15. The van der Waals surface area contributed by atoms with E-state index in [9.17, 15) is 19.7 Å². The van der Waals surface area contributed by atoms with Crippen molar-refractivity contribution in [1.82, 2.24) is 4.57 Å². The van der Waals surface area contributed by atoms with E-state index in [4.69, 9.17) is 16.3 Å². The molecule has 1 heterocycles. The number of nitro groups is 1. The lowest BCUT2D eigenvalue weighted by atomic mass is 10.2. The number of carbonyl (C=O) groups is 2. The number of carbonyl (C=O) groups excluding carboxylic acids is 2. The van der Waals surface area contributed by atoms with Crippen molar-refractivity contribution in [3.63, 3.8) is 0 Å². The maximum atomic E-state index is 11.8. The molecule has 1 N–H and O–H groups in total. The molecule has 0 radical (unpaired) electrons. The van der Waals surface area contributed by atoms with Crippen molar-refractivity contribution in [2.75, 3.05) is 11.9 Å². The number of anilines is 1. The highest BCUT2D eigenvalue weighted by molar-refractivity contribution is 6.31. The minimum atomic E-state index is -0.710. The van der Waals surface area contributed by atoms with Crippen LogP contribution in [0.25, 0.3) is 0 Å². The van der Waals surface area contributed by atoms with Gasteiger partial charge >= 0.3 is 5.97 Å². The first kappa shape index (κ1) is 16.5. The lowest BCUT2D eigenvalue weighted by Gasteiger charge is -2.08. The largest absolute Gasteiger partial charge is 0.451 e. The van der Waals surface area contributed by atoms with E-state index in [2.05, 4.69) is 5.32 Å². The Morgan fingerprint density at radius 1 is 1.39 bits per heavy atom. The van der Waals surface area contributed by atoms with Crippen LogP contribution in [0.1, 0.15) is 10.5 Å². The maximum Gasteiger partial charge on any atom is 0.355 e. The van der Waals surface area contributed by atoms with Crippen LogP contribution in [0, 0.1) is 10.1 Å². The highest BCUT2D eigenvalue weighted by atomic mass is 35.5. The molecule has 1 aromatic heterocycles. The van der Waals surface area contributed by atoms with Gasteiger partial charge in [-0.05, 0) is 24.3 Å². The number of ether oxygens (including phenoxy) is 1. The number of amides is 1. The van der Waals surface area contributed by atoms with Crippen molar-refractivity contribution in [2.45, 2.75) is 0 Å². The fraction of sp³-hybridized carbons (Fsp3) is 0.143. The van der Waals surface area contributed by atoms with Crippen molar-refractivity contribution in [2.24, 2.45) is 7.05 Å². The Hall–Kier alpha value is -2.87. The van der Waals surface area contributed by atoms with Gasteiger partial charge in [-0.3, -0.25) is 14.9 Å². The summed E-state index contributed by atoms with van der Waals surface area (Å²) in [5, 5.41) is 13.4. The lowest BCUT2D eigenvalue weighted by molar-refractivity contribution is -0.383. The molecular weight excluding hydrogens is 326 g/mol. The Balaban J connectivity index is 2.00. The zero-order chi connectivity index (χ0) is 17.0. The Bertz CT molecular complexity index is 772. The summed E-state index contributed by atoms with van der Waals surface area (Å²) in [6.45, 7) is -0.576. The Labute approximate surface area is 135 Å². The van der Waals surface area contributed by atoms with Gasteiger partial charge in [0.15, 0.2) is 6.61 Å². The van der Waals surface area contributed by atoms with Gasteiger partial charge in [-0.25, -0.2) is 4.79 Å². The first-order chi connectivity index (χ1) is 10.9. The number of benzene rings is 1. The summed E-state index contributed by atoms with van der Waals surface area (Å²) in [5.41, 5.74) is -0.0922. The average molecular weight is 338 g/mol. The number of esters is 1. The molecule has 9 heteroatoms. The second-order valence-corrected chi connectivity index (χ2v) is 4.98. The molecule has 120 valence electrons. The summed E-state index contributed by atoms with van der Waals surface area (Å²) in [6.07, 6.45) is 1.66. The molecule has 23 heavy (non-hydrogen) atoms. The van der Waals surface area contributed by atoms with E-state index in [0.717, 1.165) is 0 Å². The topological polar surface area (TPSA) is 103 Å². The summed E-state index contributed by atoms with van der Waals surface area (Å²) in [6, 6.07) is 6.96. The number of hydrogen-bond acceptors (Lipinski definition) is 5. The molecule has 0 aliphatic heterocycles. The minimum Gasteiger partial charge on any atom is -0.451 e. The smallest absolute Gasteiger partial charge is 0.355 e. The van der Waals surface area contributed by atoms with Gasteiger partial charge in [0.2, 0.25) is 0 Å². The van der Waals surface area contributed by atoms with Gasteiger partial charge in [0.05, 0.1) is 4.92 Å². The molecule has 0 unspecified atom stereocenters. The van der Waals surface area contributed by atoms with Gasteiger partial charge in [0, 0.05) is 24.3 Å². The molecule has 0 aliphatic carbocycles. The molecule has 0 bridgehead atoms. The van der Waals surface area contributed by atoms with E-state index >= 15 is 0 Å². The third-order valence-electron chi connectivity index (χ3n) is 2.92. The van der Waals surface area contributed by atoms with Gasteiger partial charge in [-0.1, -0.05) is 11.6 Å². The molecule has 1 aromatic carbocycles. The van der Waals surface area contributed by atoms with Gasteiger partial charge in [0.1, 0.15) is 11.4 Å². The van der Waals surface area contributed by atoms with Crippen LogP contribution >= 0.6 is 11.6 Å². The number of nitrogens with zero attached hydrogens (tertiary/aromatic N) is 2. The standard InChI is InChI=1S/C14H12ClN3O5/c1-17-6-2-3-12(17)14(20)23-8-13(19)16-10-7-9(15)4-5-11(10)18(21)22/h2-7H,8H2,1H3,(H,16,19). The number of rotatable bonds is 5. The van der Waals surface area contributed by atoms with Crippen molar-refractivity contribution in [3.8, 4) is 0 Å². The van der Waals surface area contributed by atoms with E-state index in [1.54, 1.807) is 29.9 Å². The van der Waals surface area contributed by atoms with Crippen LogP contribution in [0.3, 0.4) is 0 Å². The molecule has 0 atom stereocenters. The molecule has 0 aliphatic rings. The number of nitro benzene ring substituents is 1. The first-order valence-electron chi connectivity index (χ1n) is 6.40. The fourth-order valence-electron chi connectivity index (χ4n) is 1.83. The molecular formula is C14H12ClN3O5. The van der Waals surface area contributed by atoms with Crippen LogP contribution in [0.5, 0.6) is 0 Å². The predicted octanol–water partition coefficient (Wildman–Crippen LogP) is 2.38. The zero-order valence-corrected chi connectivity index (χ0v) is 12.7. The highest BCUT2D eigenvalue weighted by Crippen LogP contribution is 2.27. The third kappa shape index (κ3) is 4.07. The monoisotopic (exact) mass is 337 g/mol. The molecule has 0 saturated carbocycles. The van der Waals surface area contributed by atoms with Gasteiger partial charge < -0.3 is 14.6 Å². The molecule has 0 spiro atoms. The van der Waals surface area contributed by atoms with Crippen molar-refractivity contribution >= 4 is 34.9 Å². The van der Waals surface area contributed by atoms with Crippen molar-refractivity contribution in [1.29, 1.82) is 0 Å². The van der Waals surface area contributed by atoms with Crippen LogP contribution in [0.15, 0.2) is 36.5 Å². The molecule has 8 nitrogen and oxygen atoms in total. The van der Waals surface area contributed by atoms with Crippen LogP contribution in [0.2, 0.25) is 5.02 Å². The maximum absolute atomic E-state index is 11.8. The Morgan fingerprint density at radius 2 is 2.13 bits per heavy atom. The number of aromatic nitrogens is 1. The second-order valence-electron chi connectivity index (χ2n) is 4.55. The van der Waals surface area contributed by atoms with E-state index in [1.807, 2.05) is 0 Å². The molecule has 0 fully saturated rings. The van der Waals surface area contributed by atoms with E-state index in [1.165, 1.54) is 18.2 Å². The van der Waals surface area contributed by atoms with Crippen molar-refractivity contribution < 1.29 is 19.2 Å². The van der Waals surface area contributed by atoms with Gasteiger partial charge in [-0.15, -0.1) is 0 Å². The molecule has 2 rings (SSSR count). The van der Waals surface area contributed by atoms with Crippen LogP contribution in [-0.4, -0.2) is 28.0 Å². The summed E-state index contributed by atoms with van der Waals surface area (Å²) in [7, 11) is 1.66. The summed E-state index contributed by atoms with van der Waals surface area (Å²) >= 11 is 5.76. The van der Waals surface area contributed by atoms with Crippen LogP contribution < -0.4 is 5.32 Å². The highest BCUT2D eigenvalue weighted by Gasteiger charge is 2.18. The predicted molar refractivity (Wildman–Crippen MR) is 82.4 cm³/mol. The summed E-state index contributed by atoms with van der Waals surface area (Å²) in [5.74, 6) is -1.38. The van der Waals surface area contributed by atoms with Crippen molar-refractivity contribution in [3.05, 3.63) is 57.4 Å². The average Bonchev–Trinajstić information content (AvgIpc) is 2.90. The molecule has 1 amide bonds. The summed E-state index contributed by atoms with van der Waals surface area (Å²) in [4.78, 5) is 33.8. The van der Waals surface area contributed by atoms with Gasteiger partial charge in [0.25, 0.3) is 11.6 Å². The number of nitrogens with one attached hydrogen (secondary N) is 1. The second kappa shape index (κ2) is 6.93. The minimum absolute atomic E-state index is 0.0672. The fourth-order valence-corrected chi connectivity index (χ4v) is 2.00. The van der Waals surface area contributed by atoms with E-state index < -0.39 is 23.4 Å². The number of aryl methyl sites for hydroxylation is 1. The SMILES string of the molecule is Cn1cccc1C(=O)OCC(=O)Nc1cc(Cl)ccc1[N+](=O)[O-]. The number of hydrogen-bond donors (Lipinski definition) is 1. The Kier molecular flexibility index (Phi) is 4.97. The molecule has 0 saturated heterocycles. The van der Waals surface area contributed by atoms with E-state index in [-0.39, 0.29) is 22.1 Å². The number of halogens is 1. The first-order valence-corrected chi connectivity index (χ1v) is 6.78. The van der Waals surface area contributed by atoms with Gasteiger partial charge in [-0.2, -0.15) is 0 Å². The summed E-state index contributed by atoms with van der Waals surface area (Å²) < 4.78 is 6.40. The normalized spacial score (nSPS) is 10.2. The molecule has 2 aromatic rings. The van der Waals surface area contributed by atoms with Crippen LogP contribution in [0.4, 0.5) is 11.4 Å². The Morgan fingerprint density at radius 3 is 2.74 bits per heavy atom. The quantitative estimate of drug-likeness (QED) is 0.512. The zero-order valence-electron chi connectivity index (χ0n) is 12.0. The van der Waals surface area contributed by atoms with Crippen LogP contribution in [-0.2, 0) is 16.6 Å². The lowest BCUT2D eigenvalue weighted by Crippen LogP contribution is -2.22.